The number of rotatable bonds is 9. The van der Waals surface area contributed by atoms with Crippen molar-refractivity contribution >= 4 is 27.6 Å². The van der Waals surface area contributed by atoms with Crippen molar-refractivity contribution in [1.82, 2.24) is 4.31 Å². The standard InChI is InChI=1S/C23H28N2O8S/c1-5-25(6-2)34(28,29)21-13-16(7-9-19(21)30-4)23(27)33-15(3)22(26)24-17-8-10-18-20(14-17)32-12-11-31-18/h7-10,13-15H,5-6,11-12H2,1-4H3,(H,24,26). The fraction of sp³-hybridized carbons (Fsp3) is 0.391. The van der Waals surface area contributed by atoms with Crippen molar-refractivity contribution in [2.24, 2.45) is 0 Å². The van der Waals surface area contributed by atoms with Crippen LogP contribution >= 0.6 is 0 Å². The summed E-state index contributed by atoms with van der Waals surface area (Å²) in [6.45, 7) is 6.23. The van der Waals surface area contributed by atoms with Crippen LogP contribution in [0.4, 0.5) is 5.69 Å². The molecule has 11 heteroatoms. The molecule has 1 aliphatic rings. The highest BCUT2D eigenvalue weighted by molar-refractivity contribution is 7.89. The maximum Gasteiger partial charge on any atom is 0.338 e. The number of ether oxygens (including phenoxy) is 4. The van der Waals surface area contributed by atoms with Crippen LogP contribution in [-0.2, 0) is 19.6 Å². The molecule has 184 valence electrons. The summed E-state index contributed by atoms with van der Waals surface area (Å²) in [6.07, 6.45) is -1.15. The van der Waals surface area contributed by atoms with Crippen LogP contribution in [0.1, 0.15) is 31.1 Å². The first-order chi connectivity index (χ1) is 16.2. The van der Waals surface area contributed by atoms with E-state index in [1.807, 2.05) is 0 Å². The predicted octanol–water partition coefficient (Wildman–Crippen LogP) is 2.68. The first-order valence-electron chi connectivity index (χ1n) is 10.8. The van der Waals surface area contributed by atoms with Gasteiger partial charge in [-0.15, -0.1) is 0 Å². The summed E-state index contributed by atoms with van der Waals surface area (Å²) in [7, 11) is -2.55. The van der Waals surface area contributed by atoms with Gasteiger partial charge in [-0.05, 0) is 37.3 Å². The number of anilines is 1. The minimum atomic E-state index is -3.89. The average Bonchev–Trinajstić information content (AvgIpc) is 2.84. The van der Waals surface area contributed by atoms with E-state index >= 15 is 0 Å². The van der Waals surface area contributed by atoms with Crippen molar-refractivity contribution in [3.8, 4) is 17.2 Å². The summed E-state index contributed by atoms with van der Waals surface area (Å²) >= 11 is 0. The maximum absolute atomic E-state index is 13.0. The molecular formula is C23H28N2O8S. The zero-order chi connectivity index (χ0) is 24.9. The number of nitrogens with zero attached hydrogens (tertiary/aromatic N) is 1. The molecule has 0 fully saturated rings. The Balaban J connectivity index is 1.74. The van der Waals surface area contributed by atoms with Crippen molar-refractivity contribution in [2.75, 3.05) is 38.7 Å². The Morgan fingerprint density at radius 3 is 2.38 bits per heavy atom. The molecule has 0 aromatic heterocycles. The third kappa shape index (κ3) is 5.42. The minimum Gasteiger partial charge on any atom is -0.495 e. The summed E-state index contributed by atoms with van der Waals surface area (Å²) in [6, 6.07) is 8.90. The number of nitrogens with one attached hydrogen (secondary N) is 1. The lowest BCUT2D eigenvalue weighted by Gasteiger charge is -2.21. The number of carbonyl (C=O) groups excluding carboxylic acids is 2. The maximum atomic E-state index is 13.0. The van der Waals surface area contributed by atoms with E-state index < -0.39 is 28.0 Å². The van der Waals surface area contributed by atoms with Gasteiger partial charge in [-0.2, -0.15) is 4.31 Å². The normalized spacial score (nSPS) is 13.8. The third-order valence-corrected chi connectivity index (χ3v) is 7.26. The van der Waals surface area contributed by atoms with Crippen LogP contribution in [0.5, 0.6) is 17.2 Å². The first-order valence-corrected chi connectivity index (χ1v) is 12.2. The second-order valence-electron chi connectivity index (χ2n) is 7.35. The molecule has 1 heterocycles. The lowest BCUT2D eigenvalue weighted by Crippen LogP contribution is -2.31. The zero-order valence-electron chi connectivity index (χ0n) is 19.5. The van der Waals surface area contributed by atoms with Crippen LogP contribution in [0.2, 0.25) is 0 Å². The summed E-state index contributed by atoms with van der Waals surface area (Å²) in [5, 5.41) is 2.66. The Bertz CT molecular complexity index is 1160. The van der Waals surface area contributed by atoms with Gasteiger partial charge in [0.15, 0.2) is 17.6 Å². The van der Waals surface area contributed by atoms with Crippen LogP contribution in [0.3, 0.4) is 0 Å². The van der Waals surface area contributed by atoms with Crippen molar-refractivity contribution < 1.29 is 37.0 Å². The van der Waals surface area contributed by atoms with Gasteiger partial charge in [0.2, 0.25) is 10.0 Å². The highest BCUT2D eigenvalue weighted by Gasteiger charge is 2.28. The molecule has 34 heavy (non-hydrogen) atoms. The number of sulfonamides is 1. The molecule has 0 spiro atoms. The zero-order valence-corrected chi connectivity index (χ0v) is 20.3. The summed E-state index contributed by atoms with van der Waals surface area (Å²) in [5.74, 6) is -0.210. The number of hydrogen-bond donors (Lipinski definition) is 1. The van der Waals surface area contributed by atoms with Crippen molar-refractivity contribution in [3.05, 3.63) is 42.0 Å². The SMILES string of the molecule is CCN(CC)S(=O)(=O)c1cc(C(=O)OC(C)C(=O)Nc2ccc3c(c2)OCCO3)ccc1OC. The molecule has 0 radical (unpaired) electrons. The first kappa shape index (κ1) is 25.3. The molecule has 0 aliphatic carbocycles. The van der Waals surface area contributed by atoms with E-state index in [4.69, 9.17) is 18.9 Å². The van der Waals surface area contributed by atoms with Crippen molar-refractivity contribution in [2.45, 2.75) is 31.8 Å². The molecule has 2 aromatic carbocycles. The van der Waals surface area contributed by atoms with Gasteiger partial charge in [-0.25, -0.2) is 13.2 Å². The summed E-state index contributed by atoms with van der Waals surface area (Å²) in [5.41, 5.74) is 0.430. The second kappa shape index (κ2) is 10.7. The molecule has 10 nitrogen and oxygen atoms in total. The fourth-order valence-electron chi connectivity index (χ4n) is 3.35. The molecule has 3 rings (SSSR count). The molecule has 0 saturated carbocycles. The van der Waals surface area contributed by atoms with Gasteiger partial charge in [0.1, 0.15) is 23.9 Å². The Hall–Kier alpha value is -3.31. The van der Waals surface area contributed by atoms with Gasteiger partial charge in [-0.1, -0.05) is 13.8 Å². The number of benzene rings is 2. The number of amides is 1. The van der Waals surface area contributed by atoms with E-state index in [2.05, 4.69) is 5.32 Å². The van der Waals surface area contributed by atoms with Gasteiger partial charge in [0.05, 0.1) is 12.7 Å². The van der Waals surface area contributed by atoms with Gasteiger partial charge >= 0.3 is 5.97 Å². The van der Waals surface area contributed by atoms with Gasteiger partial charge in [0.25, 0.3) is 5.91 Å². The number of hydrogen-bond acceptors (Lipinski definition) is 8. The predicted molar refractivity (Wildman–Crippen MR) is 124 cm³/mol. The number of methoxy groups -OCH3 is 1. The van der Waals surface area contributed by atoms with Crippen LogP contribution in [-0.4, -0.2) is 64.1 Å². The largest absolute Gasteiger partial charge is 0.495 e. The third-order valence-electron chi connectivity index (χ3n) is 5.19. The Kier molecular flexibility index (Phi) is 8.00. The van der Waals surface area contributed by atoms with Gasteiger partial charge in [0, 0.05) is 24.8 Å². The van der Waals surface area contributed by atoms with E-state index in [0.29, 0.717) is 30.4 Å². The summed E-state index contributed by atoms with van der Waals surface area (Å²) in [4.78, 5) is 25.1. The van der Waals surface area contributed by atoms with Crippen LogP contribution in [0.15, 0.2) is 41.3 Å². The van der Waals surface area contributed by atoms with Crippen molar-refractivity contribution in [3.63, 3.8) is 0 Å². The molecule has 0 saturated heterocycles. The Morgan fingerprint density at radius 1 is 1.06 bits per heavy atom. The summed E-state index contributed by atoms with van der Waals surface area (Å²) < 4.78 is 48.7. The minimum absolute atomic E-state index is 0.0227. The molecule has 1 N–H and O–H groups in total. The topological polar surface area (TPSA) is 120 Å². The molecule has 1 aliphatic heterocycles. The van der Waals surface area contributed by atoms with Gasteiger partial charge in [-0.3, -0.25) is 4.79 Å². The lowest BCUT2D eigenvalue weighted by molar-refractivity contribution is -0.123. The average molecular weight is 493 g/mol. The van der Waals surface area contributed by atoms with Crippen LogP contribution in [0.25, 0.3) is 0 Å². The van der Waals surface area contributed by atoms with E-state index in [9.17, 15) is 18.0 Å². The number of esters is 1. The highest BCUT2D eigenvalue weighted by Crippen LogP contribution is 2.33. The molecule has 1 atom stereocenters. The molecule has 1 unspecified atom stereocenters. The van der Waals surface area contributed by atoms with E-state index in [1.165, 1.54) is 36.5 Å². The van der Waals surface area contributed by atoms with Crippen molar-refractivity contribution in [1.29, 1.82) is 0 Å². The molecule has 2 aromatic rings. The van der Waals surface area contributed by atoms with E-state index in [-0.39, 0.29) is 29.3 Å². The quantitative estimate of drug-likeness (QED) is 0.531. The van der Waals surface area contributed by atoms with Gasteiger partial charge < -0.3 is 24.3 Å². The smallest absolute Gasteiger partial charge is 0.338 e. The lowest BCUT2D eigenvalue weighted by atomic mass is 10.2. The van der Waals surface area contributed by atoms with Crippen LogP contribution < -0.4 is 19.5 Å². The van der Waals surface area contributed by atoms with E-state index in [1.54, 1.807) is 32.0 Å². The van der Waals surface area contributed by atoms with E-state index in [0.717, 1.165) is 0 Å². The van der Waals surface area contributed by atoms with Crippen LogP contribution in [0, 0.1) is 0 Å². The second-order valence-corrected chi connectivity index (χ2v) is 9.26. The Labute approximate surface area is 198 Å². The molecular weight excluding hydrogens is 464 g/mol. The highest BCUT2D eigenvalue weighted by atomic mass is 32.2. The molecule has 0 bridgehead atoms. The molecule has 1 amide bonds. The monoisotopic (exact) mass is 492 g/mol. The fourth-order valence-corrected chi connectivity index (χ4v) is 4.99. The number of fused-ring (bicyclic) bond motifs is 1. The number of carbonyl (C=O) groups is 2. The Morgan fingerprint density at radius 2 is 1.74 bits per heavy atom.